The molecule has 0 saturated carbocycles. The van der Waals surface area contributed by atoms with E-state index in [-0.39, 0.29) is 23.0 Å². The highest BCUT2D eigenvalue weighted by atomic mass is 16.5. The number of phenols is 2. The van der Waals surface area contributed by atoms with Gasteiger partial charge in [-0.25, -0.2) is 0 Å². The second-order valence-corrected chi connectivity index (χ2v) is 6.90. The van der Waals surface area contributed by atoms with Crippen LogP contribution in [0.15, 0.2) is 12.1 Å². The molecule has 2 unspecified atom stereocenters. The molecule has 0 amide bonds. The molecule has 0 aromatic heterocycles. The molecule has 1 aromatic carbocycles. The van der Waals surface area contributed by atoms with Gasteiger partial charge >= 0.3 is 0 Å². The summed E-state index contributed by atoms with van der Waals surface area (Å²) in [5.74, 6) is -0.0764. The third kappa shape index (κ3) is 2.50. The Morgan fingerprint density at radius 3 is 2.55 bits per heavy atom. The molecule has 0 bridgehead atoms. The van der Waals surface area contributed by atoms with Crippen LogP contribution in [0, 0.1) is 5.41 Å². The number of fused-ring (bicyclic) bond motifs is 1. The Kier molecular flexibility index (Phi) is 3.73. The average Bonchev–Trinajstić information content (AvgIpc) is 2.33. The lowest BCUT2D eigenvalue weighted by Crippen LogP contribution is -2.48. The van der Waals surface area contributed by atoms with Gasteiger partial charge in [0.05, 0.1) is 6.10 Å². The van der Waals surface area contributed by atoms with E-state index in [0.717, 1.165) is 11.1 Å². The minimum Gasteiger partial charge on any atom is -0.504 e. The van der Waals surface area contributed by atoms with E-state index < -0.39 is 5.60 Å². The number of benzene rings is 1. The van der Waals surface area contributed by atoms with Gasteiger partial charge in [-0.15, -0.1) is 0 Å². The number of phenolic OH excluding ortho intramolecular Hbond substituents is 2. The van der Waals surface area contributed by atoms with Crippen molar-refractivity contribution in [3.05, 3.63) is 23.3 Å². The topological polar surface area (TPSA) is 61.7 Å². The molecule has 1 aliphatic rings. The molecule has 4 nitrogen and oxygen atoms in total. The van der Waals surface area contributed by atoms with Crippen molar-refractivity contribution in [2.45, 2.75) is 45.8 Å². The molecule has 2 atom stereocenters. The van der Waals surface area contributed by atoms with Crippen LogP contribution in [0.5, 0.6) is 11.5 Å². The molecule has 0 aliphatic carbocycles. The van der Waals surface area contributed by atoms with Crippen molar-refractivity contribution in [3.63, 3.8) is 0 Å². The van der Waals surface area contributed by atoms with Gasteiger partial charge in [-0.05, 0) is 31.0 Å². The zero-order chi connectivity index (χ0) is 15.1. The molecular formula is C16H25NO3. The fourth-order valence-corrected chi connectivity index (χ4v) is 2.89. The van der Waals surface area contributed by atoms with Crippen molar-refractivity contribution >= 4 is 0 Å². The van der Waals surface area contributed by atoms with Gasteiger partial charge in [0.1, 0.15) is 5.60 Å². The minimum atomic E-state index is -0.508. The number of hydrogen-bond acceptors (Lipinski definition) is 4. The van der Waals surface area contributed by atoms with Gasteiger partial charge in [0.25, 0.3) is 0 Å². The van der Waals surface area contributed by atoms with Crippen LogP contribution in [-0.2, 0) is 16.8 Å². The largest absolute Gasteiger partial charge is 0.504 e. The van der Waals surface area contributed by atoms with E-state index in [1.165, 1.54) is 6.07 Å². The quantitative estimate of drug-likeness (QED) is 0.728. The number of likely N-dealkylation sites (N-methyl/N-ethyl adjacent to an activating group) is 1. The van der Waals surface area contributed by atoms with E-state index in [2.05, 4.69) is 26.1 Å². The third-order valence-corrected chi connectivity index (χ3v) is 4.10. The van der Waals surface area contributed by atoms with Crippen LogP contribution in [0.3, 0.4) is 0 Å². The fraction of sp³-hybridized carbons (Fsp3) is 0.625. The Morgan fingerprint density at radius 2 is 2.00 bits per heavy atom. The van der Waals surface area contributed by atoms with Crippen LogP contribution in [0.2, 0.25) is 0 Å². The van der Waals surface area contributed by atoms with Crippen molar-refractivity contribution in [3.8, 4) is 11.5 Å². The zero-order valence-electron chi connectivity index (χ0n) is 12.9. The average molecular weight is 279 g/mol. The third-order valence-electron chi connectivity index (χ3n) is 4.10. The lowest BCUT2D eigenvalue weighted by molar-refractivity contribution is -0.136. The molecule has 3 N–H and O–H groups in total. The summed E-state index contributed by atoms with van der Waals surface area (Å²) >= 11 is 0. The Morgan fingerprint density at radius 1 is 1.35 bits per heavy atom. The Hall–Kier alpha value is -1.26. The van der Waals surface area contributed by atoms with E-state index in [0.29, 0.717) is 13.0 Å². The summed E-state index contributed by atoms with van der Waals surface area (Å²) in [6.07, 6.45) is 0.597. The molecule has 2 rings (SSSR count). The molecule has 1 heterocycles. The molecule has 112 valence electrons. The maximum absolute atomic E-state index is 10.2. The van der Waals surface area contributed by atoms with Gasteiger partial charge < -0.3 is 20.3 Å². The summed E-state index contributed by atoms with van der Waals surface area (Å²) in [5, 5.41) is 23.1. The highest BCUT2D eigenvalue weighted by molar-refractivity contribution is 5.52. The Balaban J connectivity index is 2.55. The number of hydrogen-bond donors (Lipinski definition) is 3. The van der Waals surface area contributed by atoms with Crippen LogP contribution in [-0.4, -0.2) is 29.9 Å². The normalized spacial score (nSPS) is 26.4. The van der Waals surface area contributed by atoms with Crippen molar-refractivity contribution in [2.75, 3.05) is 13.6 Å². The van der Waals surface area contributed by atoms with Crippen molar-refractivity contribution in [1.29, 1.82) is 0 Å². The lowest BCUT2D eigenvalue weighted by Gasteiger charge is -2.45. The first-order valence-electron chi connectivity index (χ1n) is 7.06. The fourth-order valence-electron chi connectivity index (χ4n) is 2.89. The maximum atomic E-state index is 10.2. The minimum absolute atomic E-state index is 0.0117. The van der Waals surface area contributed by atoms with Crippen molar-refractivity contribution in [1.82, 2.24) is 5.32 Å². The lowest BCUT2D eigenvalue weighted by atomic mass is 9.77. The first-order valence-corrected chi connectivity index (χ1v) is 7.06. The van der Waals surface area contributed by atoms with Crippen LogP contribution in [0.25, 0.3) is 0 Å². The Labute approximate surface area is 120 Å². The van der Waals surface area contributed by atoms with Gasteiger partial charge in [0, 0.05) is 18.5 Å². The summed E-state index contributed by atoms with van der Waals surface area (Å²) < 4.78 is 6.34. The van der Waals surface area contributed by atoms with Crippen molar-refractivity contribution < 1.29 is 14.9 Å². The van der Waals surface area contributed by atoms with Gasteiger partial charge in [-0.1, -0.05) is 26.8 Å². The second-order valence-electron chi connectivity index (χ2n) is 6.90. The Bertz CT molecular complexity index is 507. The van der Waals surface area contributed by atoms with Crippen LogP contribution >= 0.6 is 0 Å². The van der Waals surface area contributed by atoms with Crippen molar-refractivity contribution in [2.24, 2.45) is 5.41 Å². The molecule has 20 heavy (non-hydrogen) atoms. The summed E-state index contributed by atoms with van der Waals surface area (Å²) in [6, 6.07) is 3.38. The summed E-state index contributed by atoms with van der Waals surface area (Å²) in [4.78, 5) is 0. The van der Waals surface area contributed by atoms with Crippen LogP contribution < -0.4 is 5.32 Å². The maximum Gasteiger partial charge on any atom is 0.161 e. The molecule has 0 saturated heterocycles. The molecule has 1 aliphatic heterocycles. The SMILES string of the molecule is CNCC1(C)OC(C(C)(C)C)Cc2c1ccc(O)c2O. The van der Waals surface area contributed by atoms with E-state index in [1.54, 1.807) is 0 Å². The first kappa shape index (κ1) is 15.1. The van der Waals surface area contributed by atoms with Gasteiger partial charge in [-0.2, -0.15) is 0 Å². The van der Waals surface area contributed by atoms with E-state index in [1.807, 2.05) is 20.0 Å². The molecule has 4 heteroatoms. The highest BCUT2D eigenvalue weighted by Crippen LogP contribution is 2.45. The predicted molar refractivity (Wildman–Crippen MR) is 79.1 cm³/mol. The van der Waals surface area contributed by atoms with Gasteiger partial charge in [0.15, 0.2) is 11.5 Å². The monoisotopic (exact) mass is 279 g/mol. The summed E-state index contributed by atoms with van der Waals surface area (Å²) in [5.41, 5.74) is 1.20. The van der Waals surface area contributed by atoms with E-state index in [4.69, 9.17) is 4.74 Å². The summed E-state index contributed by atoms with van der Waals surface area (Å²) in [6.45, 7) is 9.06. The summed E-state index contributed by atoms with van der Waals surface area (Å²) in [7, 11) is 1.88. The molecule has 1 aromatic rings. The first-order chi connectivity index (χ1) is 9.19. The number of nitrogens with one attached hydrogen (secondary N) is 1. The molecule has 0 fully saturated rings. The van der Waals surface area contributed by atoms with Gasteiger partial charge in [0.2, 0.25) is 0 Å². The molecule has 0 radical (unpaired) electrons. The number of ether oxygens (including phenoxy) is 1. The predicted octanol–water partition coefficient (Wildman–Crippen LogP) is 2.52. The van der Waals surface area contributed by atoms with E-state index in [9.17, 15) is 10.2 Å². The molecular weight excluding hydrogens is 254 g/mol. The standard InChI is InChI=1S/C16H25NO3/c1-15(2,3)13-8-10-11(6-7-12(18)14(10)19)16(4,20-13)9-17-5/h6-7,13,17-19H,8-9H2,1-5H3. The molecule has 0 spiro atoms. The number of rotatable bonds is 2. The van der Waals surface area contributed by atoms with Crippen LogP contribution in [0.4, 0.5) is 0 Å². The highest BCUT2D eigenvalue weighted by Gasteiger charge is 2.42. The van der Waals surface area contributed by atoms with Crippen LogP contribution in [0.1, 0.15) is 38.8 Å². The van der Waals surface area contributed by atoms with Gasteiger partial charge in [-0.3, -0.25) is 0 Å². The zero-order valence-corrected chi connectivity index (χ0v) is 12.9. The number of aromatic hydroxyl groups is 2. The smallest absolute Gasteiger partial charge is 0.161 e. The second kappa shape index (κ2) is 4.93. The van der Waals surface area contributed by atoms with E-state index >= 15 is 0 Å².